The summed E-state index contributed by atoms with van der Waals surface area (Å²) in [6.45, 7) is 4.68. The molecule has 8 heteroatoms. The zero-order chi connectivity index (χ0) is 18.8. The van der Waals surface area contributed by atoms with E-state index in [0.29, 0.717) is 41.3 Å². The van der Waals surface area contributed by atoms with Crippen molar-refractivity contribution in [3.8, 4) is 22.6 Å². The number of aromatic amines is 1. The molecule has 0 aliphatic carbocycles. The fraction of sp³-hybridized carbons (Fsp3) is 0.211. The summed E-state index contributed by atoms with van der Waals surface area (Å²) in [5.74, 6) is 0.223. The van der Waals surface area contributed by atoms with Crippen LogP contribution >= 0.6 is 11.8 Å². The van der Waals surface area contributed by atoms with Crippen LogP contribution in [-0.4, -0.2) is 39.4 Å². The molecule has 138 valence electrons. The number of hydrogen-bond donors (Lipinski definition) is 1. The largest absolute Gasteiger partial charge is 0.341 e. The third-order valence-corrected chi connectivity index (χ3v) is 4.57. The number of rotatable bonds is 4. The maximum Gasteiger partial charge on any atom is 0.217 e. The van der Waals surface area contributed by atoms with Gasteiger partial charge in [0.05, 0.1) is 30.3 Å². The molecule has 6 nitrogen and oxygen atoms in total. The van der Waals surface area contributed by atoms with E-state index in [2.05, 4.69) is 26.5 Å². The van der Waals surface area contributed by atoms with Gasteiger partial charge in [0, 0.05) is 11.8 Å². The lowest BCUT2D eigenvalue weighted by molar-refractivity contribution is -0.165. The monoisotopic (exact) mass is 384 g/mol. The minimum Gasteiger partial charge on any atom is -0.341 e. The molecule has 1 N–H and O–H groups in total. The maximum absolute atomic E-state index is 13.4. The van der Waals surface area contributed by atoms with E-state index in [1.165, 1.54) is 23.9 Å². The predicted molar refractivity (Wildman–Crippen MR) is 101 cm³/mol. The van der Waals surface area contributed by atoms with Crippen molar-refractivity contribution >= 4 is 11.8 Å². The molecule has 1 aromatic carbocycles. The lowest BCUT2D eigenvalue weighted by atomic mass is 10.1. The third-order valence-electron chi connectivity index (χ3n) is 4.01. The van der Waals surface area contributed by atoms with E-state index in [1.54, 1.807) is 24.4 Å². The van der Waals surface area contributed by atoms with Crippen LogP contribution in [0.1, 0.15) is 12.1 Å². The van der Waals surface area contributed by atoms with Crippen LogP contribution in [0.25, 0.3) is 22.6 Å². The molecule has 0 bridgehead atoms. The number of nitrogens with zero attached hydrogens (tertiary/aromatic N) is 3. The quantitative estimate of drug-likeness (QED) is 0.416. The summed E-state index contributed by atoms with van der Waals surface area (Å²) in [7, 11) is 0. The van der Waals surface area contributed by atoms with E-state index in [0.717, 1.165) is 11.1 Å². The molecule has 27 heavy (non-hydrogen) atoms. The zero-order valence-electron chi connectivity index (χ0n) is 14.6. The van der Waals surface area contributed by atoms with Crippen molar-refractivity contribution in [1.82, 2.24) is 19.9 Å². The lowest BCUT2D eigenvalue weighted by Gasteiger charge is -2.22. The third kappa shape index (κ3) is 3.78. The Kier molecular flexibility index (Phi) is 5.02. The topological polar surface area (TPSA) is 72.9 Å². The Balaban J connectivity index is 1.79. The van der Waals surface area contributed by atoms with Crippen molar-refractivity contribution in [3.05, 3.63) is 60.3 Å². The van der Waals surface area contributed by atoms with E-state index in [4.69, 9.17) is 9.47 Å². The fourth-order valence-corrected chi connectivity index (χ4v) is 3.07. The van der Waals surface area contributed by atoms with Gasteiger partial charge in [0.2, 0.25) is 6.29 Å². The number of imidazole rings is 1. The molecule has 0 atom stereocenters. The summed E-state index contributed by atoms with van der Waals surface area (Å²) in [6.07, 6.45) is 2.99. The first-order valence-corrected chi connectivity index (χ1v) is 9.49. The first-order valence-electron chi connectivity index (χ1n) is 8.27. The molecule has 3 heterocycles. The molecule has 0 saturated carbocycles. The molecule has 1 aliphatic heterocycles. The highest BCUT2D eigenvalue weighted by Gasteiger charge is 2.25. The highest BCUT2D eigenvalue weighted by Crippen LogP contribution is 2.33. The number of H-pyrrole nitrogens is 1. The van der Waals surface area contributed by atoms with Crippen LogP contribution in [-0.2, 0) is 9.47 Å². The standard InChI is InChI=1S/C19H17FN4O2S/c1-11-9-25-18(26-10-11)17-23-15(12-3-5-13(20)6-4-12)16(24-17)14-7-8-21-19(22-14)27-2/h3-8,18H,1,9-10H2,2H3,(H,23,24). The smallest absolute Gasteiger partial charge is 0.217 e. The normalized spacial score (nSPS) is 15.3. The highest BCUT2D eigenvalue weighted by molar-refractivity contribution is 7.98. The van der Waals surface area contributed by atoms with E-state index < -0.39 is 6.29 Å². The summed E-state index contributed by atoms with van der Waals surface area (Å²) in [4.78, 5) is 16.7. The SMILES string of the molecule is C=C1COC(c2nc(-c3ccc(F)cc3)c(-c3ccnc(SC)n3)[nH]2)OC1. The Labute approximate surface area is 159 Å². The van der Waals surface area contributed by atoms with Gasteiger partial charge in [-0.05, 0) is 42.2 Å². The number of benzene rings is 1. The Hall–Kier alpha value is -2.55. The maximum atomic E-state index is 13.4. The summed E-state index contributed by atoms with van der Waals surface area (Å²) in [5.41, 5.74) is 3.67. The van der Waals surface area contributed by atoms with Gasteiger partial charge >= 0.3 is 0 Å². The van der Waals surface area contributed by atoms with Gasteiger partial charge in [-0.2, -0.15) is 0 Å². The molecular formula is C19H17FN4O2S. The Morgan fingerprint density at radius 1 is 1.15 bits per heavy atom. The second-order valence-electron chi connectivity index (χ2n) is 5.99. The Bertz CT molecular complexity index is 964. The van der Waals surface area contributed by atoms with E-state index >= 15 is 0 Å². The molecule has 0 radical (unpaired) electrons. The fourth-order valence-electron chi connectivity index (χ4n) is 2.72. The number of aromatic nitrogens is 4. The van der Waals surface area contributed by atoms with Gasteiger partial charge in [-0.25, -0.2) is 19.3 Å². The molecule has 1 fully saturated rings. The Morgan fingerprint density at radius 3 is 2.59 bits per heavy atom. The van der Waals surface area contributed by atoms with Gasteiger partial charge in [0.15, 0.2) is 11.0 Å². The summed E-state index contributed by atoms with van der Waals surface area (Å²) >= 11 is 1.45. The summed E-state index contributed by atoms with van der Waals surface area (Å²) in [6, 6.07) is 7.96. The average Bonchev–Trinajstić information content (AvgIpc) is 3.14. The van der Waals surface area contributed by atoms with Crippen LogP contribution in [0, 0.1) is 5.82 Å². The lowest BCUT2D eigenvalue weighted by Crippen LogP contribution is -2.20. The molecule has 3 aromatic rings. The Morgan fingerprint density at radius 2 is 1.89 bits per heavy atom. The van der Waals surface area contributed by atoms with Crippen LogP contribution in [0.5, 0.6) is 0 Å². The van der Waals surface area contributed by atoms with Gasteiger partial charge in [0.25, 0.3) is 0 Å². The average molecular weight is 384 g/mol. The summed E-state index contributed by atoms with van der Waals surface area (Å²) < 4.78 is 24.7. The first-order chi connectivity index (χ1) is 13.1. The first kappa shape index (κ1) is 17.8. The molecule has 1 aliphatic rings. The van der Waals surface area contributed by atoms with Gasteiger partial charge < -0.3 is 14.5 Å². The van der Waals surface area contributed by atoms with Gasteiger partial charge in [0.1, 0.15) is 5.82 Å². The number of halogens is 1. The molecular weight excluding hydrogens is 367 g/mol. The molecule has 0 spiro atoms. The van der Waals surface area contributed by atoms with Gasteiger partial charge in [-0.1, -0.05) is 18.3 Å². The minimum absolute atomic E-state index is 0.305. The minimum atomic E-state index is -0.620. The number of thioether (sulfide) groups is 1. The number of hydrogen-bond acceptors (Lipinski definition) is 6. The second kappa shape index (κ2) is 7.59. The van der Waals surface area contributed by atoms with Crippen molar-refractivity contribution in [2.24, 2.45) is 0 Å². The van der Waals surface area contributed by atoms with Crippen molar-refractivity contribution in [2.45, 2.75) is 11.4 Å². The number of ether oxygens (including phenoxy) is 2. The summed E-state index contributed by atoms with van der Waals surface area (Å²) in [5, 5.41) is 0.648. The molecule has 2 aromatic heterocycles. The predicted octanol–water partition coefficient (Wildman–Crippen LogP) is 4.00. The van der Waals surface area contributed by atoms with Gasteiger partial charge in [-0.3, -0.25) is 0 Å². The van der Waals surface area contributed by atoms with Crippen LogP contribution < -0.4 is 0 Å². The molecule has 0 unspecified atom stereocenters. The van der Waals surface area contributed by atoms with Crippen LogP contribution in [0.3, 0.4) is 0 Å². The van der Waals surface area contributed by atoms with Crippen molar-refractivity contribution in [1.29, 1.82) is 0 Å². The molecule has 4 rings (SSSR count). The van der Waals surface area contributed by atoms with Crippen molar-refractivity contribution < 1.29 is 13.9 Å². The van der Waals surface area contributed by atoms with Crippen molar-refractivity contribution in [2.75, 3.05) is 19.5 Å². The van der Waals surface area contributed by atoms with Crippen molar-refractivity contribution in [3.63, 3.8) is 0 Å². The molecule has 1 saturated heterocycles. The van der Waals surface area contributed by atoms with E-state index in [9.17, 15) is 4.39 Å². The van der Waals surface area contributed by atoms with Crippen LogP contribution in [0.2, 0.25) is 0 Å². The second-order valence-corrected chi connectivity index (χ2v) is 6.76. The molecule has 0 amide bonds. The highest BCUT2D eigenvalue weighted by atomic mass is 32.2. The van der Waals surface area contributed by atoms with E-state index in [-0.39, 0.29) is 5.82 Å². The number of nitrogens with one attached hydrogen (secondary N) is 1. The zero-order valence-corrected chi connectivity index (χ0v) is 15.4. The van der Waals surface area contributed by atoms with Crippen LogP contribution in [0.4, 0.5) is 4.39 Å². The van der Waals surface area contributed by atoms with E-state index in [1.807, 2.05) is 6.26 Å². The van der Waals surface area contributed by atoms with Gasteiger partial charge in [-0.15, -0.1) is 0 Å². The van der Waals surface area contributed by atoms with Crippen LogP contribution in [0.15, 0.2) is 53.8 Å².